The molecule has 0 aliphatic carbocycles. The Kier molecular flexibility index (Phi) is 3.02. The number of nitrogens with zero attached hydrogens (tertiary/aromatic N) is 2. The average Bonchev–Trinajstić information content (AvgIpc) is 2.80. The summed E-state index contributed by atoms with van der Waals surface area (Å²) >= 11 is 0. The topological polar surface area (TPSA) is 79.6 Å². The fourth-order valence-corrected chi connectivity index (χ4v) is 1.85. The largest absolute Gasteiger partial charge is 0.373 e. The summed E-state index contributed by atoms with van der Waals surface area (Å²) in [6, 6.07) is 3.89. The minimum atomic E-state index is -0.388. The number of aromatic amines is 1. The van der Waals surface area contributed by atoms with Crippen LogP contribution >= 0.6 is 0 Å². The predicted octanol–water partition coefficient (Wildman–Crippen LogP) is 1.97. The van der Waals surface area contributed by atoms with Crippen molar-refractivity contribution in [3.05, 3.63) is 18.0 Å². The second kappa shape index (κ2) is 4.33. The zero-order valence-corrected chi connectivity index (χ0v) is 10.5. The van der Waals surface area contributed by atoms with E-state index in [2.05, 4.69) is 34.1 Å². The Labute approximate surface area is 101 Å². The molecular formula is C12H19N5. The molecule has 0 aromatic carbocycles. The zero-order valence-electron chi connectivity index (χ0n) is 10.5. The Hall–Kier alpha value is -1.62. The van der Waals surface area contributed by atoms with Gasteiger partial charge in [0, 0.05) is 7.05 Å². The van der Waals surface area contributed by atoms with E-state index >= 15 is 0 Å². The number of nitrogens with one attached hydrogen (secondary N) is 2. The van der Waals surface area contributed by atoms with Gasteiger partial charge in [-0.05, 0) is 25.0 Å². The normalized spacial score (nSPS) is 12.0. The molecule has 0 bridgehead atoms. The van der Waals surface area contributed by atoms with Crippen molar-refractivity contribution in [1.82, 2.24) is 15.0 Å². The molecule has 0 unspecified atom stereocenters. The first-order valence-corrected chi connectivity index (χ1v) is 5.97. The maximum absolute atomic E-state index is 6.32. The van der Waals surface area contributed by atoms with Gasteiger partial charge in [-0.2, -0.15) is 0 Å². The van der Waals surface area contributed by atoms with Crippen molar-refractivity contribution in [2.45, 2.75) is 32.2 Å². The van der Waals surface area contributed by atoms with Crippen LogP contribution in [0.1, 0.15) is 32.5 Å². The molecular weight excluding hydrogens is 214 g/mol. The molecule has 92 valence electrons. The van der Waals surface area contributed by atoms with E-state index in [9.17, 15) is 0 Å². The fourth-order valence-electron chi connectivity index (χ4n) is 1.85. The molecule has 0 fully saturated rings. The van der Waals surface area contributed by atoms with Crippen molar-refractivity contribution in [1.29, 1.82) is 0 Å². The van der Waals surface area contributed by atoms with Gasteiger partial charge in [-0.1, -0.05) is 13.8 Å². The van der Waals surface area contributed by atoms with Gasteiger partial charge in [-0.25, -0.2) is 9.97 Å². The third-order valence-corrected chi connectivity index (χ3v) is 3.34. The maximum Gasteiger partial charge on any atom is 0.179 e. The van der Waals surface area contributed by atoms with E-state index in [1.165, 1.54) is 0 Å². The van der Waals surface area contributed by atoms with E-state index in [1.54, 1.807) is 0 Å². The number of aromatic nitrogens is 3. The van der Waals surface area contributed by atoms with Crippen molar-refractivity contribution in [3.63, 3.8) is 0 Å². The van der Waals surface area contributed by atoms with Crippen LogP contribution < -0.4 is 11.1 Å². The van der Waals surface area contributed by atoms with Crippen LogP contribution in [-0.2, 0) is 5.54 Å². The van der Waals surface area contributed by atoms with Crippen LogP contribution in [0.3, 0.4) is 0 Å². The van der Waals surface area contributed by atoms with E-state index in [0.717, 1.165) is 30.0 Å². The zero-order chi connectivity index (χ0) is 12.5. The first-order chi connectivity index (χ1) is 8.12. The number of hydrogen-bond acceptors (Lipinski definition) is 4. The number of rotatable bonds is 4. The van der Waals surface area contributed by atoms with Gasteiger partial charge >= 0.3 is 0 Å². The van der Waals surface area contributed by atoms with Crippen LogP contribution in [0.4, 0.5) is 5.82 Å². The van der Waals surface area contributed by atoms with Crippen LogP contribution in [0, 0.1) is 0 Å². The van der Waals surface area contributed by atoms with Crippen molar-refractivity contribution >= 4 is 17.0 Å². The summed E-state index contributed by atoms with van der Waals surface area (Å²) in [4.78, 5) is 12.2. The van der Waals surface area contributed by atoms with Crippen molar-refractivity contribution in [3.8, 4) is 0 Å². The summed E-state index contributed by atoms with van der Waals surface area (Å²) in [5.74, 6) is 1.63. The molecule has 2 aromatic heterocycles. The molecule has 2 rings (SSSR count). The third kappa shape index (κ3) is 1.98. The molecule has 0 atom stereocenters. The minimum absolute atomic E-state index is 0.388. The second-order valence-corrected chi connectivity index (χ2v) is 4.27. The van der Waals surface area contributed by atoms with Gasteiger partial charge in [0.1, 0.15) is 11.6 Å². The fraction of sp³-hybridized carbons (Fsp3) is 0.500. The number of imidazole rings is 1. The number of pyridine rings is 1. The van der Waals surface area contributed by atoms with Crippen molar-refractivity contribution in [2.24, 2.45) is 5.73 Å². The summed E-state index contributed by atoms with van der Waals surface area (Å²) in [7, 11) is 1.84. The monoisotopic (exact) mass is 233 g/mol. The predicted molar refractivity (Wildman–Crippen MR) is 69.9 cm³/mol. The van der Waals surface area contributed by atoms with Crippen LogP contribution in [0.25, 0.3) is 11.2 Å². The average molecular weight is 233 g/mol. The highest BCUT2D eigenvalue weighted by Gasteiger charge is 2.26. The third-order valence-electron chi connectivity index (χ3n) is 3.34. The van der Waals surface area contributed by atoms with E-state index in [4.69, 9.17) is 5.73 Å². The summed E-state index contributed by atoms with van der Waals surface area (Å²) in [6.07, 6.45) is 1.70. The van der Waals surface area contributed by atoms with Gasteiger partial charge in [0.2, 0.25) is 0 Å². The Morgan fingerprint density at radius 2 is 2.00 bits per heavy atom. The second-order valence-electron chi connectivity index (χ2n) is 4.27. The molecule has 0 saturated carbocycles. The van der Waals surface area contributed by atoms with Gasteiger partial charge in [-0.15, -0.1) is 0 Å². The lowest BCUT2D eigenvalue weighted by Gasteiger charge is -2.23. The standard InChI is InChI=1S/C12H19N5/c1-4-12(13,5-2)11-15-8-6-7-9(14-3)16-10(8)17-11/h6-7H,4-5,13H2,1-3H3,(H2,14,15,16,17). The Balaban J connectivity index is 2.50. The molecule has 0 saturated heterocycles. The number of fused-ring (bicyclic) bond motifs is 1. The molecule has 5 heteroatoms. The van der Waals surface area contributed by atoms with Gasteiger partial charge < -0.3 is 16.0 Å². The van der Waals surface area contributed by atoms with Crippen LogP contribution in [0.2, 0.25) is 0 Å². The van der Waals surface area contributed by atoms with Crippen molar-refractivity contribution in [2.75, 3.05) is 12.4 Å². The number of hydrogen-bond donors (Lipinski definition) is 3. The SMILES string of the molecule is CCC(N)(CC)c1nc2nc(NC)ccc2[nH]1. The Morgan fingerprint density at radius 1 is 1.29 bits per heavy atom. The van der Waals surface area contributed by atoms with Crippen molar-refractivity contribution < 1.29 is 0 Å². The highest BCUT2D eigenvalue weighted by Crippen LogP contribution is 2.25. The molecule has 0 radical (unpaired) electrons. The molecule has 2 aromatic rings. The van der Waals surface area contributed by atoms with E-state index in [0.29, 0.717) is 5.65 Å². The Bertz CT molecular complexity index is 513. The van der Waals surface area contributed by atoms with E-state index in [1.807, 2.05) is 19.2 Å². The first kappa shape index (κ1) is 11.9. The lowest BCUT2D eigenvalue weighted by molar-refractivity contribution is 0.391. The van der Waals surface area contributed by atoms with Gasteiger partial charge in [0.25, 0.3) is 0 Å². The number of anilines is 1. The summed E-state index contributed by atoms with van der Waals surface area (Å²) in [5.41, 5.74) is 7.56. The Morgan fingerprint density at radius 3 is 2.59 bits per heavy atom. The summed E-state index contributed by atoms with van der Waals surface area (Å²) < 4.78 is 0. The highest BCUT2D eigenvalue weighted by atomic mass is 15.1. The van der Waals surface area contributed by atoms with Crippen LogP contribution in [0.5, 0.6) is 0 Å². The minimum Gasteiger partial charge on any atom is -0.373 e. The van der Waals surface area contributed by atoms with E-state index in [-0.39, 0.29) is 5.54 Å². The lowest BCUT2D eigenvalue weighted by atomic mass is 9.93. The number of H-pyrrole nitrogens is 1. The molecule has 0 aliphatic rings. The van der Waals surface area contributed by atoms with Crippen LogP contribution in [0.15, 0.2) is 12.1 Å². The van der Waals surface area contributed by atoms with Crippen LogP contribution in [-0.4, -0.2) is 22.0 Å². The van der Waals surface area contributed by atoms with Gasteiger partial charge in [0.05, 0.1) is 11.1 Å². The highest BCUT2D eigenvalue weighted by molar-refractivity contribution is 5.73. The molecule has 2 heterocycles. The molecule has 5 nitrogen and oxygen atoms in total. The summed E-state index contributed by atoms with van der Waals surface area (Å²) in [5, 5.41) is 3.00. The molecule has 0 spiro atoms. The molecule has 0 aliphatic heterocycles. The quantitative estimate of drug-likeness (QED) is 0.754. The summed E-state index contributed by atoms with van der Waals surface area (Å²) in [6.45, 7) is 4.15. The first-order valence-electron chi connectivity index (χ1n) is 5.97. The van der Waals surface area contributed by atoms with Gasteiger partial charge in [0.15, 0.2) is 5.65 Å². The number of nitrogens with two attached hydrogens (primary N) is 1. The van der Waals surface area contributed by atoms with Gasteiger partial charge in [-0.3, -0.25) is 0 Å². The molecule has 17 heavy (non-hydrogen) atoms. The smallest absolute Gasteiger partial charge is 0.179 e. The molecule has 4 N–H and O–H groups in total. The van der Waals surface area contributed by atoms with E-state index < -0.39 is 0 Å². The molecule has 0 amide bonds. The maximum atomic E-state index is 6.32. The lowest BCUT2D eigenvalue weighted by Crippen LogP contribution is -2.36.